The van der Waals surface area contributed by atoms with Crippen molar-refractivity contribution in [2.45, 2.75) is 12.8 Å². The number of hydrogen-bond acceptors (Lipinski definition) is 3. The molecule has 20 heavy (non-hydrogen) atoms. The molecule has 1 N–H and O–H groups in total. The van der Waals surface area contributed by atoms with Crippen LogP contribution in [0.25, 0.3) is 11.3 Å². The van der Waals surface area contributed by atoms with E-state index in [1.807, 2.05) is 30.3 Å². The van der Waals surface area contributed by atoms with Gasteiger partial charge in [-0.3, -0.25) is 0 Å². The second-order valence-electron chi connectivity index (χ2n) is 4.98. The number of nitrogens with zero attached hydrogens (tertiary/aromatic N) is 2. The lowest BCUT2D eigenvalue weighted by Gasteiger charge is -2.15. The lowest BCUT2D eigenvalue weighted by Crippen LogP contribution is -2.18. The lowest BCUT2D eigenvalue weighted by molar-refractivity contribution is 0.415. The zero-order chi connectivity index (χ0) is 13.9. The number of ether oxygens (including phenoxy) is 1. The summed E-state index contributed by atoms with van der Waals surface area (Å²) in [5.41, 5.74) is 2.76. The standard InChI is InChI=1S/C16H17N3O.H2/c1-20-14-6-4-12(5-7-14)15-10-13(11-17)16(18-15)19-8-2-3-9-19;/h4-7,10,18H,2-3,8-9H2,1H3;1H. The molecule has 2 aromatic rings. The highest BCUT2D eigenvalue weighted by Crippen LogP contribution is 2.30. The first-order chi connectivity index (χ1) is 9.81. The Labute approximate surface area is 120 Å². The molecule has 0 atom stereocenters. The molecule has 1 aliphatic rings. The molecular weight excluding hydrogens is 250 g/mol. The van der Waals surface area contributed by atoms with Gasteiger partial charge in [-0.25, -0.2) is 0 Å². The monoisotopic (exact) mass is 269 g/mol. The molecule has 4 nitrogen and oxygen atoms in total. The number of rotatable bonds is 3. The van der Waals surface area contributed by atoms with Crippen LogP contribution in [0, 0.1) is 11.3 Å². The molecule has 0 unspecified atom stereocenters. The van der Waals surface area contributed by atoms with Gasteiger partial charge in [-0.1, -0.05) is 0 Å². The van der Waals surface area contributed by atoms with Crippen molar-refractivity contribution >= 4 is 5.82 Å². The molecule has 2 heterocycles. The SMILES string of the molecule is COc1ccc(-c2cc(C#N)c(N3CCCC3)[nH]2)cc1.[HH]. The number of nitrogens with one attached hydrogen (secondary N) is 1. The number of H-pyrrole nitrogens is 1. The van der Waals surface area contributed by atoms with Crippen LogP contribution in [0.15, 0.2) is 30.3 Å². The molecule has 0 saturated carbocycles. The van der Waals surface area contributed by atoms with Gasteiger partial charge in [0.15, 0.2) is 0 Å². The van der Waals surface area contributed by atoms with Gasteiger partial charge in [-0.2, -0.15) is 5.26 Å². The van der Waals surface area contributed by atoms with Gasteiger partial charge in [-0.15, -0.1) is 0 Å². The van der Waals surface area contributed by atoms with Gasteiger partial charge in [0.05, 0.1) is 12.7 Å². The normalized spacial score (nSPS) is 14.3. The quantitative estimate of drug-likeness (QED) is 0.929. The molecule has 4 heteroatoms. The van der Waals surface area contributed by atoms with Crippen molar-refractivity contribution in [1.29, 1.82) is 5.26 Å². The summed E-state index contributed by atoms with van der Waals surface area (Å²) in [5, 5.41) is 9.30. The third-order valence-corrected chi connectivity index (χ3v) is 3.74. The Morgan fingerprint density at radius 3 is 2.55 bits per heavy atom. The molecule has 0 radical (unpaired) electrons. The highest BCUT2D eigenvalue weighted by molar-refractivity contribution is 5.70. The van der Waals surface area contributed by atoms with Crippen molar-refractivity contribution in [3.05, 3.63) is 35.9 Å². The third kappa shape index (κ3) is 2.23. The van der Waals surface area contributed by atoms with E-state index >= 15 is 0 Å². The molecule has 1 aromatic heterocycles. The van der Waals surface area contributed by atoms with E-state index in [1.54, 1.807) is 7.11 Å². The summed E-state index contributed by atoms with van der Waals surface area (Å²) in [4.78, 5) is 5.65. The maximum absolute atomic E-state index is 9.30. The molecule has 0 aliphatic carbocycles. The third-order valence-electron chi connectivity index (χ3n) is 3.74. The van der Waals surface area contributed by atoms with Crippen LogP contribution < -0.4 is 9.64 Å². The Balaban J connectivity index is 0.00000161. The van der Waals surface area contributed by atoms with Crippen LogP contribution in [0.4, 0.5) is 5.82 Å². The number of anilines is 1. The summed E-state index contributed by atoms with van der Waals surface area (Å²) in [7, 11) is 1.66. The smallest absolute Gasteiger partial charge is 0.124 e. The van der Waals surface area contributed by atoms with Gasteiger partial charge in [0.1, 0.15) is 17.6 Å². The molecule has 3 rings (SSSR count). The first-order valence-electron chi connectivity index (χ1n) is 6.84. The number of aromatic nitrogens is 1. The predicted octanol–water partition coefficient (Wildman–Crippen LogP) is 3.41. The fourth-order valence-corrected chi connectivity index (χ4v) is 2.65. The number of aromatic amines is 1. The summed E-state index contributed by atoms with van der Waals surface area (Å²) < 4.78 is 5.17. The van der Waals surface area contributed by atoms with Crippen LogP contribution in [0.1, 0.15) is 19.8 Å². The predicted molar refractivity (Wildman–Crippen MR) is 81.1 cm³/mol. The molecule has 1 saturated heterocycles. The van der Waals surface area contributed by atoms with Crippen molar-refractivity contribution < 1.29 is 6.16 Å². The summed E-state index contributed by atoms with van der Waals surface area (Å²) in [5.74, 6) is 1.79. The van der Waals surface area contributed by atoms with Gasteiger partial charge in [0.25, 0.3) is 0 Å². The summed E-state index contributed by atoms with van der Waals surface area (Å²) in [6, 6.07) is 12.1. The van der Waals surface area contributed by atoms with Crippen molar-refractivity contribution in [3.63, 3.8) is 0 Å². The molecule has 104 valence electrons. The van der Waals surface area contributed by atoms with Gasteiger partial charge >= 0.3 is 0 Å². The Hall–Kier alpha value is -2.41. The number of hydrogen-bond donors (Lipinski definition) is 1. The van der Waals surface area contributed by atoms with E-state index in [4.69, 9.17) is 4.74 Å². The fraction of sp³-hybridized carbons (Fsp3) is 0.312. The summed E-state index contributed by atoms with van der Waals surface area (Å²) >= 11 is 0. The van der Waals surface area contributed by atoms with Crippen molar-refractivity contribution in [1.82, 2.24) is 4.98 Å². The average Bonchev–Trinajstić information content (AvgIpc) is 3.16. The Morgan fingerprint density at radius 2 is 1.95 bits per heavy atom. The zero-order valence-corrected chi connectivity index (χ0v) is 11.5. The molecule has 0 bridgehead atoms. The van der Waals surface area contributed by atoms with Crippen LogP contribution in [-0.2, 0) is 0 Å². The number of nitriles is 1. The topological polar surface area (TPSA) is 52.0 Å². The van der Waals surface area contributed by atoms with Crippen LogP contribution >= 0.6 is 0 Å². The van der Waals surface area contributed by atoms with E-state index in [0.717, 1.165) is 41.5 Å². The van der Waals surface area contributed by atoms with Crippen LogP contribution in [-0.4, -0.2) is 25.2 Å². The lowest BCUT2D eigenvalue weighted by atomic mass is 10.1. The fourth-order valence-electron chi connectivity index (χ4n) is 2.65. The van der Waals surface area contributed by atoms with Crippen LogP contribution in [0.5, 0.6) is 5.75 Å². The molecular formula is C16H19N3O. The zero-order valence-electron chi connectivity index (χ0n) is 11.5. The first kappa shape index (κ1) is 12.6. The Morgan fingerprint density at radius 1 is 1.25 bits per heavy atom. The van der Waals surface area contributed by atoms with Crippen molar-refractivity contribution in [3.8, 4) is 23.1 Å². The molecule has 0 spiro atoms. The maximum Gasteiger partial charge on any atom is 0.124 e. The van der Waals surface area contributed by atoms with Gasteiger partial charge < -0.3 is 14.6 Å². The van der Waals surface area contributed by atoms with E-state index in [0.29, 0.717) is 0 Å². The van der Waals surface area contributed by atoms with Crippen molar-refractivity contribution in [2.75, 3.05) is 25.1 Å². The highest BCUT2D eigenvalue weighted by Gasteiger charge is 2.18. The first-order valence-corrected chi connectivity index (χ1v) is 6.84. The van der Waals surface area contributed by atoms with E-state index in [-0.39, 0.29) is 1.43 Å². The van der Waals surface area contributed by atoms with Gasteiger partial charge in [0.2, 0.25) is 0 Å². The molecule has 1 aromatic carbocycles. The Kier molecular flexibility index (Phi) is 3.34. The minimum absolute atomic E-state index is 0. The van der Waals surface area contributed by atoms with E-state index in [1.165, 1.54) is 12.8 Å². The maximum atomic E-state index is 9.30. The minimum Gasteiger partial charge on any atom is -0.497 e. The minimum atomic E-state index is 0. The molecule has 1 aliphatic heterocycles. The molecule has 0 amide bonds. The van der Waals surface area contributed by atoms with Gasteiger partial charge in [-0.05, 0) is 48.7 Å². The summed E-state index contributed by atoms with van der Waals surface area (Å²) in [6.45, 7) is 2.05. The second-order valence-corrected chi connectivity index (χ2v) is 4.98. The van der Waals surface area contributed by atoms with E-state index in [9.17, 15) is 5.26 Å². The summed E-state index contributed by atoms with van der Waals surface area (Å²) in [6.07, 6.45) is 2.39. The highest BCUT2D eigenvalue weighted by atomic mass is 16.5. The Bertz CT molecular complexity index is 637. The van der Waals surface area contributed by atoms with Crippen LogP contribution in [0.3, 0.4) is 0 Å². The van der Waals surface area contributed by atoms with Crippen molar-refractivity contribution in [2.24, 2.45) is 0 Å². The average molecular weight is 269 g/mol. The number of benzene rings is 1. The van der Waals surface area contributed by atoms with Gasteiger partial charge in [0, 0.05) is 20.2 Å². The second kappa shape index (κ2) is 5.30. The van der Waals surface area contributed by atoms with E-state index in [2.05, 4.69) is 16.0 Å². The number of methoxy groups -OCH3 is 1. The van der Waals surface area contributed by atoms with E-state index < -0.39 is 0 Å². The molecule has 1 fully saturated rings. The largest absolute Gasteiger partial charge is 0.497 e. The van der Waals surface area contributed by atoms with Crippen LogP contribution in [0.2, 0.25) is 0 Å².